The number of ether oxygens (including phenoxy) is 1. The molecule has 0 aromatic heterocycles. The summed E-state index contributed by atoms with van der Waals surface area (Å²) in [6.07, 6.45) is 2.35. The van der Waals surface area contributed by atoms with Crippen molar-refractivity contribution in [3.8, 4) is 17.2 Å². The molecule has 1 aliphatic heterocycles. The molecule has 0 radical (unpaired) electrons. The van der Waals surface area contributed by atoms with Gasteiger partial charge in [-0.2, -0.15) is 4.31 Å². The van der Waals surface area contributed by atoms with E-state index in [1.165, 1.54) is 28.7 Å². The number of carbonyl (C=O) groups is 1. The Morgan fingerprint density at radius 3 is 2.43 bits per heavy atom. The Kier molecular flexibility index (Phi) is 8.81. The van der Waals surface area contributed by atoms with Gasteiger partial charge in [0.25, 0.3) is 5.72 Å². The zero-order chi connectivity index (χ0) is 25.8. The second kappa shape index (κ2) is 11.2. The third-order valence-electron chi connectivity index (χ3n) is 5.37. The van der Waals surface area contributed by atoms with E-state index in [9.17, 15) is 23.4 Å². The van der Waals surface area contributed by atoms with Crippen LogP contribution in [0.1, 0.15) is 32.3 Å². The Morgan fingerprint density at radius 1 is 1.23 bits per heavy atom. The summed E-state index contributed by atoms with van der Waals surface area (Å²) >= 11 is 6.85. The average molecular weight is 635 g/mol. The molecule has 0 aliphatic carbocycles. The molecular weight excluding hydrogens is 610 g/mol. The summed E-state index contributed by atoms with van der Waals surface area (Å²) in [6, 6.07) is 7.34. The standard InChI is InChI=1S/C22H25Br2N3O7S/c1-3-27(4-2)35(31,32)19-12-15(6-7-18(19)28)33-20-16(23)10-14(11-17(20)24)13-26-34-22(21(29)30)8-5-9-25-22/h6-7,10-13,25,28H,3-5,8-9H2,1-2H3,(H,29,30)/t22-/m1/s1. The lowest BCUT2D eigenvalue weighted by molar-refractivity contribution is -0.168. The number of carboxylic acids is 1. The van der Waals surface area contributed by atoms with E-state index < -0.39 is 21.7 Å². The van der Waals surface area contributed by atoms with Gasteiger partial charge >= 0.3 is 5.97 Å². The van der Waals surface area contributed by atoms with Crippen LogP contribution in [0.3, 0.4) is 0 Å². The predicted octanol–water partition coefficient (Wildman–Crippen LogP) is 4.25. The van der Waals surface area contributed by atoms with E-state index >= 15 is 0 Å². The smallest absolute Gasteiger partial charge is 0.366 e. The molecule has 10 nitrogen and oxygen atoms in total. The maximum atomic E-state index is 12.9. The highest BCUT2D eigenvalue weighted by Gasteiger charge is 2.44. The molecule has 0 bridgehead atoms. The van der Waals surface area contributed by atoms with E-state index in [1.807, 2.05) is 0 Å². The summed E-state index contributed by atoms with van der Waals surface area (Å²) in [5.41, 5.74) is -0.944. The Bertz CT molecular complexity index is 1200. The van der Waals surface area contributed by atoms with Crippen molar-refractivity contribution >= 4 is 54.1 Å². The first-order chi connectivity index (χ1) is 16.5. The predicted molar refractivity (Wildman–Crippen MR) is 136 cm³/mol. The highest BCUT2D eigenvalue weighted by molar-refractivity contribution is 9.11. The van der Waals surface area contributed by atoms with Crippen molar-refractivity contribution in [1.29, 1.82) is 0 Å². The number of phenolic OH excluding ortho intramolecular Hbond substituents is 1. The number of halogens is 2. The molecular formula is C22H25Br2N3O7S. The van der Waals surface area contributed by atoms with Crippen molar-refractivity contribution < 1.29 is 33.0 Å². The highest BCUT2D eigenvalue weighted by Crippen LogP contribution is 2.39. The van der Waals surface area contributed by atoms with Crippen LogP contribution in [0.25, 0.3) is 0 Å². The molecule has 35 heavy (non-hydrogen) atoms. The van der Waals surface area contributed by atoms with Gasteiger partial charge < -0.3 is 19.8 Å². The molecule has 0 saturated carbocycles. The number of rotatable bonds is 10. The van der Waals surface area contributed by atoms with Crippen LogP contribution >= 0.6 is 31.9 Å². The number of sulfonamides is 1. The lowest BCUT2D eigenvalue weighted by Crippen LogP contribution is -2.48. The fourth-order valence-corrected chi connectivity index (χ4v) is 6.47. The van der Waals surface area contributed by atoms with Crippen molar-refractivity contribution in [1.82, 2.24) is 9.62 Å². The fourth-order valence-electron chi connectivity index (χ4n) is 3.53. The molecule has 1 fully saturated rings. The van der Waals surface area contributed by atoms with Crippen LogP contribution in [-0.4, -0.2) is 60.5 Å². The first-order valence-electron chi connectivity index (χ1n) is 10.7. The zero-order valence-corrected chi connectivity index (χ0v) is 23.0. The molecule has 3 N–H and O–H groups in total. The fraction of sp³-hybridized carbons (Fsp3) is 0.364. The summed E-state index contributed by atoms with van der Waals surface area (Å²) < 4.78 is 34.0. The second-order valence-corrected chi connectivity index (χ2v) is 11.2. The normalized spacial score (nSPS) is 18.3. The molecule has 0 unspecified atom stereocenters. The second-order valence-electron chi connectivity index (χ2n) is 7.62. The number of benzene rings is 2. The number of carboxylic acid groups (broad SMARTS) is 1. The van der Waals surface area contributed by atoms with E-state index in [2.05, 4.69) is 42.3 Å². The Morgan fingerprint density at radius 2 is 1.89 bits per heavy atom. The molecule has 13 heteroatoms. The van der Waals surface area contributed by atoms with Gasteiger partial charge in [0.1, 0.15) is 16.4 Å². The van der Waals surface area contributed by atoms with E-state index in [4.69, 9.17) is 9.57 Å². The molecule has 0 spiro atoms. The van der Waals surface area contributed by atoms with Crippen molar-refractivity contribution in [2.75, 3.05) is 19.6 Å². The number of nitrogens with zero attached hydrogens (tertiary/aromatic N) is 2. The third kappa shape index (κ3) is 5.97. The molecule has 1 aliphatic rings. The van der Waals surface area contributed by atoms with E-state index in [0.29, 0.717) is 39.6 Å². The van der Waals surface area contributed by atoms with Crippen molar-refractivity contribution in [3.05, 3.63) is 44.8 Å². The lowest BCUT2D eigenvalue weighted by Gasteiger charge is -2.21. The van der Waals surface area contributed by atoms with E-state index in [0.717, 1.165) is 0 Å². The summed E-state index contributed by atoms with van der Waals surface area (Å²) in [5, 5.41) is 26.3. The van der Waals surface area contributed by atoms with Crippen LogP contribution in [-0.2, 0) is 19.7 Å². The number of phenols is 1. The molecule has 3 rings (SSSR count). The maximum Gasteiger partial charge on any atom is 0.366 e. The Labute approximate surface area is 220 Å². The number of aliphatic carboxylic acids is 1. The first-order valence-corrected chi connectivity index (χ1v) is 13.8. The third-order valence-corrected chi connectivity index (χ3v) is 8.62. The minimum atomic E-state index is -3.90. The van der Waals surface area contributed by atoms with Gasteiger partial charge in [-0.3, -0.25) is 5.32 Å². The number of aromatic hydroxyl groups is 1. The number of hydrogen-bond donors (Lipinski definition) is 3. The van der Waals surface area contributed by atoms with Crippen LogP contribution in [0.4, 0.5) is 0 Å². The monoisotopic (exact) mass is 633 g/mol. The van der Waals surface area contributed by atoms with E-state index in [-0.39, 0.29) is 29.5 Å². The van der Waals surface area contributed by atoms with Gasteiger partial charge in [-0.25, -0.2) is 13.2 Å². The van der Waals surface area contributed by atoms with Crippen molar-refractivity contribution in [2.45, 2.75) is 37.3 Å². The van der Waals surface area contributed by atoms with Crippen LogP contribution in [0.15, 0.2) is 49.3 Å². The van der Waals surface area contributed by atoms with Crippen LogP contribution in [0.5, 0.6) is 17.2 Å². The Hall–Kier alpha value is -2.19. The highest BCUT2D eigenvalue weighted by atomic mass is 79.9. The number of hydrogen-bond acceptors (Lipinski definition) is 8. The van der Waals surface area contributed by atoms with Gasteiger partial charge in [0, 0.05) is 25.6 Å². The van der Waals surface area contributed by atoms with Gasteiger partial charge in [0.15, 0.2) is 5.75 Å². The van der Waals surface area contributed by atoms with Crippen molar-refractivity contribution in [3.63, 3.8) is 0 Å². The van der Waals surface area contributed by atoms with Crippen LogP contribution in [0.2, 0.25) is 0 Å². The van der Waals surface area contributed by atoms with Crippen molar-refractivity contribution in [2.24, 2.45) is 5.16 Å². The molecule has 2 aromatic carbocycles. The first kappa shape index (κ1) is 27.4. The molecule has 0 amide bonds. The minimum absolute atomic E-state index is 0.204. The summed E-state index contributed by atoms with van der Waals surface area (Å²) in [6.45, 7) is 4.48. The quantitative estimate of drug-likeness (QED) is 0.260. The molecule has 1 saturated heterocycles. The lowest BCUT2D eigenvalue weighted by atomic mass is 10.2. The molecule has 2 aromatic rings. The SMILES string of the molecule is CCN(CC)S(=O)(=O)c1cc(Oc2c(Br)cc(C=NO[C@@]3(C(=O)O)CCCN3)cc2Br)ccc1O. The molecule has 190 valence electrons. The zero-order valence-electron chi connectivity index (χ0n) is 19.0. The van der Waals surface area contributed by atoms with Gasteiger partial charge in [-0.05, 0) is 74.7 Å². The summed E-state index contributed by atoms with van der Waals surface area (Å²) in [5.74, 6) is -0.936. The van der Waals surface area contributed by atoms with Crippen LogP contribution < -0.4 is 10.1 Å². The summed E-state index contributed by atoms with van der Waals surface area (Å²) in [4.78, 5) is 16.5. The minimum Gasteiger partial charge on any atom is -0.507 e. The molecule has 1 heterocycles. The maximum absolute atomic E-state index is 12.9. The van der Waals surface area contributed by atoms with Crippen LogP contribution in [0, 0.1) is 0 Å². The molecule has 1 atom stereocenters. The number of nitrogens with one attached hydrogen (secondary N) is 1. The van der Waals surface area contributed by atoms with E-state index in [1.54, 1.807) is 26.0 Å². The van der Waals surface area contributed by atoms with Gasteiger partial charge in [0.05, 0.1) is 15.2 Å². The van der Waals surface area contributed by atoms with Gasteiger partial charge in [-0.15, -0.1) is 0 Å². The topological polar surface area (TPSA) is 138 Å². The van der Waals surface area contributed by atoms with Gasteiger partial charge in [-0.1, -0.05) is 19.0 Å². The summed E-state index contributed by atoms with van der Waals surface area (Å²) in [7, 11) is -3.90. The Balaban J connectivity index is 1.83. The van der Waals surface area contributed by atoms with Gasteiger partial charge in [0.2, 0.25) is 10.0 Å². The largest absolute Gasteiger partial charge is 0.507 e. The average Bonchev–Trinajstić information content (AvgIpc) is 3.28. The number of oxime groups is 1.